The number of rotatable bonds is 4. The van der Waals surface area contributed by atoms with Crippen molar-refractivity contribution < 1.29 is 14.3 Å². The molecule has 2 aromatic carbocycles. The molecule has 0 radical (unpaired) electrons. The minimum Gasteiger partial charge on any atom is -0.465 e. The van der Waals surface area contributed by atoms with E-state index in [0.29, 0.717) is 12.2 Å². The number of hydrogen-bond acceptors (Lipinski definition) is 2. The summed E-state index contributed by atoms with van der Waals surface area (Å²) in [6, 6.07) is 13.6. The molecule has 0 aromatic heterocycles. The van der Waals surface area contributed by atoms with E-state index in [1.165, 1.54) is 17.0 Å². The molecule has 0 spiro atoms. The normalized spacial score (nSPS) is 17.2. The molecular weight excluding hydrogens is 295 g/mol. The molecule has 0 bridgehead atoms. The molecule has 23 heavy (non-hydrogen) atoms. The van der Waals surface area contributed by atoms with Crippen LogP contribution in [0.5, 0.6) is 0 Å². The molecule has 3 rings (SSSR count). The highest BCUT2D eigenvalue weighted by Crippen LogP contribution is 2.31. The maximum absolute atomic E-state index is 13.1. The molecule has 1 heterocycles. The number of nitrogens with zero attached hydrogens (tertiary/aromatic N) is 1. The second-order valence-corrected chi connectivity index (χ2v) is 5.71. The van der Waals surface area contributed by atoms with Gasteiger partial charge in [0.05, 0.1) is 5.69 Å². The molecule has 1 fully saturated rings. The van der Waals surface area contributed by atoms with Gasteiger partial charge in [0, 0.05) is 18.2 Å². The molecule has 0 unspecified atom stereocenters. The molecule has 1 atom stereocenters. The van der Waals surface area contributed by atoms with Crippen LogP contribution in [-0.2, 0) is 0 Å². The van der Waals surface area contributed by atoms with Gasteiger partial charge in [-0.15, -0.1) is 0 Å². The van der Waals surface area contributed by atoms with Crippen molar-refractivity contribution in [1.29, 1.82) is 0 Å². The summed E-state index contributed by atoms with van der Waals surface area (Å²) in [6.07, 6.45) is 1.06. The first-order valence-electron chi connectivity index (χ1n) is 7.74. The van der Waals surface area contributed by atoms with Crippen molar-refractivity contribution in [2.24, 2.45) is 0 Å². The van der Waals surface area contributed by atoms with Crippen LogP contribution >= 0.6 is 0 Å². The van der Waals surface area contributed by atoms with E-state index in [2.05, 4.69) is 5.32 Å². The second kappa shape index (κ2) is 6.79. The number of benzene rings is 2. The average molecular weight is 314 g/mol. The largest absolute Gasteiger partial charge is 0.465 e. The van der Waals surface area contributed by atoms with Crippen LogP contribution in [0.3, 0.4) is 0 Å². The highest BCUT2D eigenvalue weighted by atomic mass is 19.1. The van der Waals surface area contributed by atoms with Crippen LogP contribution in [0.2, 0.25) is 0 Å². The number of halogens is 1. The van der Waals surface area contributed by atoms with Gasteiger partial charge in [-0.05, 0) is 43.1 Å². The van der Waals surface area contributed by atoms with Crippen molar-refractivity contribution in [3.63, 3.8) is 0 Å². The third-order valence-corrected chi connectivity index (χ3v) is 4.15. The molecule has 0 saturated carbocycles. The van der Waals surface area contributed by atoms with Crippen molar-refractivity contribution in [2.45, 2.75) is 18.9 Å². The van der Waals surface area contributed by atoms with Crippen molar-refractivity contribution in [1.82, 2.24) is 5.32 Å². The summed E-state index contributed by atoms with van der Waals surface area (Å²) in [4.78, 5) is 13.1. The summed E-state index contributed by atoms with van der Waals surface area (Å²) in [5, 5.41) is 13.0. The van der Waals surface area contributed by atoms with E-state index in [-0.39, 0.29) is 11.9 Å². The Hall–Kier alpha value is -2.40. The summed E-state index contributed by atoms with van der Waals surface area (Å²) in [6.45, 7) is 1.34. The predicted molar refractivity (Wildman–Crippen MR) is 88.2 cm³/mol. The Morgan fingerprint density at radius 1 is 1.22 bits per heavy atom. The van der Waals surface area contributed by atoms with Gasteiger partial charge < -0.3 is 10.4 Å². The van der Waals surface area contributed by atoms with E-state index in [9.17, 15) is 14.3 Å². The first-order chi connectivity index (χ1) is 11.1. The molecule has 5 heteroatoms. The van der Waals surface area contributed by atoms with E-state index in [1.54, 1.807) is 18.2 Å². The van der Waals surface area contributed by atoms with Gasteiger partial charge in [-0.2, -0.15) is 0 Å². The lowest BCUT2D eigenvalue weighted by Gasteiger charge is -2.25. The number of hydrogen-bond donors (Lipinski definition) is 2. The summed E-state index contributed by atoms with van der Waals surface area (Å²) < 4.78 is 13.1. The van der Waals surface area contributed by atoms with Crippen LogP contribution in [0.1, 0.15) is 12.8 Å². The van der Waals surface area contributed by atoms with Gasteiger partial charge in [0.25, 0.3) is 0 Å². The maximum atomic E-state index is 13.1. The van der Waals surface area contributed by atoms with Crippen LogP contribution in [0.25, 0.3) is 11.1 Å². The Balaban J connectivity index is 1.96. The summed E-state index contributed by atoms with van der Waals surface area (Å²) in [5.41, 5.74) is 2.21. The van der Waals surface area contributed by atoms with Crippen LogP contribution in [0, 0.1) is 5.82 Å². The molecule has 1 amide bonds. The Morgan fingerprint density at radius 2 is 1.96 bits per heavy atom. The molecule has 4 nitrogen and oxygen atoms in total. The number of carbonyl (C=O) groups is 1. The van der Waals surface area contributed by atoms with Gasteiger partial charge in [0.2, 0.25) is 0 Å². The number of amides is 1. The fraction of sp³-hybridized carbons (Fsp3) is 0.278. The van der Waals surface area contributed by atoms with Gasteiger partial charge in [-0.3, -0.25) is 4.90 Å². The zero-order chi connectivity index (χ0) is 16.2. The number of nitrogens with one attached hydrogen (secondary N) is 1. The summed E-state index contributed by atoms with van der Waals surface area (Å²) in [5.74, 6) is -0.309. The van der Waals surface area contributed by atoms with E-state index < -0.39 is 6.09 Å². The fourth-order valence-electron chi connectivity index (χ4n) is 2.99. The van der Waals surface area contributed by atoms with E-state index in [0.717, 1.165) is 30.5 Å². The third kappa shape index (κ3) is 3.51. The van der Waals surface area contributed by atoms with Gasteiger partial charge >= 0.3 is 6.09 Å². The van der Waals surface area contributed by atoms with E-state index >= 15 is 0 Å². The maximum Gasteiger partial charge on any atom is 0.411 e. The van der Waals surface area contributed by atoms with Crippen LogP contribution in [-0.4, -0.2) is 30.3 Å². The Kier molecular flexibility index (Phi) is 4.57. The van der Waals surface area contributed by atoms with Crippen LogP contribution < -0.4 is 10.2 Å². The first kappa shape index (κ1) is 15.5. The van der Waals surface area contributed by atoms with Gasteiger partial charge in [-0.1, -0.05) is 30.3 Å². The van der Waals surface area contributed by atoms with E-state index in [1.807, 2.05) is 18.2 Å². The third-order valence-electron chi connectivity index (χ3n) is 4.15. The van der Waals surface area contributed by atoms with Crippen molar-refractivity contribution in [3.8, 4) is 11.1 Å². The summed E-state index contributed by atoms with van der Waals surface area (Å²) >= 11 is 0. The molecule has 2 aromatic rings. The Morgan fingerprint density at radius 3 is 2.61 bits per heavy atom. The minimum atomic E-state index is -0.978. The van der Waals surface area contributed by atoms with Crippen molar-refractivity contribution in [3.05, 3.63) is 54.3 Å². The summed E-state index contributed by atoms with van der Waals surface area (Å²) in [7, 11) is 0. The van der Waals surface area contributed by atoms with Gasteiger partial charge in [0.1, 0.15) is 5.82 Å². The zero-order valence-electron chi connectivity index (χ0n) is 12.7. The molecule has 120 valence electrons. The average Bonchev–Trinajstić information content (AvgIpc) is 3.06. The first-order valence-corrected chi connectivity index (χ1v) is 7.74. The standard InChI is InChI=1S/C18H19FN2O2/c19-14-9-7-13(8-10-14)16-5-1-2-6-17(16)21(18(22)23)12-15-4-3-11-20-15/h1-2,5-10,15,20H,3-4,11-12H2,(H,22,23)/t15-/m0/s1. The Bertz CT molecular complexity index is 682. The Labute approximate surface area is 134 Å². The quantitative estimate of drug-likeness (QED) is 0.904. The van der Waals surface area contributed by atoms with Crippen LogP contribution in [0.4, 0.5) is 14.9 Å². The van der Waals surface area contributed by atoms with E-state index in [4.69, 9.17) is 0 Å². The van der Waals surface area contributed by atoms with Gasteiger partial charge in [-0.25, -0.2) is 9.18 Å². The molecular formula is C18H19FN2O2. The molecule has 1 saturated heterocycles. The number of carboxylic acid groups (broad SMARTS) is 1. The highest BCUT2D eigenvalue weighted by Gasteiger charge is 2.24. The van der Waals surface area contributed by atoms with Crippen molar-refractivity contribution >= 4 is 11.8 Å². The molecule has 1 aliphatic heterocycles. The zero-order valence-corrected chi connectivity index (χ0v) is 12.7. The van der Waals surface area contributed by atoms with Gasteiger partial charge in [0.15, 0.2) is 0 Å². The lowest BCUT2D eigenvalue weighted by molar-refractivity contribution is 0.201. The minimum absolute atomic E-state index is 0.173. The number of anilines is 1. The number of para-hydroxylation sites is 1. The SMILES string of the molecule is O=C(O)N(C[C@@H]1CCCN1)c1ccccc1-c1ccc(F)cc1. The molecule has 0 aliphatic carbocycles. The van der Waals surface area contributed by atoms with Crippen LogP contribution in [0.15, 0.2) is 48.5 Å². The smallest absolute Gasteiger partial charge is 0.411 e. The lowest BCUT2D eigenvalue weighted by Crippen LogP contribution is -2.40. The monoisotopic (exact) mass is 314 g/mol. The lowest BCUT2D eigenvalue weighted by atomic mass is 10.0. The predicted octanol–water partition coefficient (Wildman–Crippen LogP) is 3.73. The van der Waals surface area contributed by atoms with Crippen molar-refractivity contribution in [2.75, 3.05) is 18.0 Å². The molecule has 1 aliphatic rings. The fourth-order valence-corrected chi connectivity index (χ4v) is 2.99. The second-order valence-electron chi connectivity index (χ2n) is 5.71. The topological polar surface area (TPSA) is 52.6 Å². The molecule has 2 N–H and O–H groups in total. The highest BCUT2D eigenvalue weighted by molar-refractivity contribution is 5.92.